The van der Waals surface area contributed by atoms with Gasteiger partial charge in [-0.05, 0) is 35.9 Å². The molecule has 134 valence electrons. The molecule has 0 amide bonds. The minimum Gasteiger partial charge on any atom is -0.493 e. The van der Waals surface area contributed by atoms with Gasteiger partial charge in [0, 0.05) is 11.6 Å². The second-order valence-corrected chi connectivity index (χ2v) is 5.65. The summed E-state index contributed by atoms with van der Waals surface area (Å²) < 4.78 is 29.3. The first-order chi connectivity index (χ1) is 12.5. The van der Waals surface area contributed by atoms with E-state index in [9.17, 15) is 4.39 Å². The Morgan fingerprint density at radius 1 is 1.15 bits per heavy atom. The summed E-state index contributed by atoms with van der Waals surface area (Å²) in [5.41, 5.74) is 6.89. The van der Waals surface area contributed by atoms with Crippen LogP contribution in [0.1, 0.15) is 17.0 Å². The van der Waals surface area contributed by atoms with Crippen molar-refractivity contribution in [3.63, 3.8) is 0 Å². The molecule has 0 aliphatic heterocycles. The van der Waals surface area contributed by atoms with Crippen LogP contribution in [0.4, 0.5) is 10.4 Å². The normalized spacial score (nSPS) is 11.0. The van der Waals surface area contributed by atoms with Crippen LogP contribution in [0.15, 0.2) is 40.8 Å². The van der Waals surface area contributed by atoms with Gasteiger partial charge in [-0.3, -0.25) is 0 Å². The maximum Gasteiger partial charge on any atom is 0.313 e. The van der Waals surface area contributed by atoms with Crippen LogP contribution in [0.5, 0.6) is 11.5 Å². The lowest BCUT2D eigenvalue weighted by molar-refractivity contribution is 0.284. The lowest BCUT2D eigenvalue weighted by atomic mass is 10.2. The molecule has 3 aromatic rings. The molecule has 6 nitrogen and oxygen atoms in total. The lowest BCUT2D eigenvalue weighted by Crippen LogP contribution is -1.99. The van der Waals surface area contributed by atoms with Crippen LogP contribution < -0.4 is 15.2 Å². The SMILES string of the molecule is COc1cc(/C=C/c2nnc(N)o2)ccc1OCc1ccc(F)cc1Cl. The van der Waals surface area contributed by atoms with Crippen LogP contribution in [0.2, 0.25) is 5.02 Å². The van der Waals surface area contributed by atoms with Gasteiger partial charge in [0.1, 0.15) is 12.4 Å². The third kappa shape index (κ3) is 4.31. The monoisotopic (exact) mass is 375 g/mol. The van der Waals surface area contributed by atoms with Gasteiger partial charge in [0.25, 0.3) is 0 Å². The summed E-state index contributed by atoms with van der Waals surface area (Å²) in [6.07, 6.45) is 3.41. The van der Waals surface area contributed by atoms with Gasteiger partial charge >= 0.3 is 6.01 Å². The smallest absolute Gasteiger partial charge is 0.313 e. The maximum absolute atomic E-state index is 13.1. The molecular weight excluding hydrogens is 361 g/mol. The van der Waals surface area contributed by atoms with Gasteiger partial charge < -0.3 is 19.6 Å². The largest absolute Gasteiger partial charge is 0.493 e. The number of ether oxygens (including phenoxy) is 2. The molecular formula is C18H15ClFN3O3. The van der Waals surface area contributed by atoms with Crippen molar-refractivity contribution in [2.75, 3.05) is 12.8 Å². The summed E-state index contributed by atoms with van der Waals surface area (Å²) in [6.45, 7) is 0.186. The van der Waals surface area contributed by atoms with E-state index in [-0.39, 0.29) is 12.6 Å². The molecule has 0 atom stereocenters. The fourth-order valence-corrected chi connectivity index (χ4v) is 2.40. The summed E-state index contributed by atoms with van der Waals surface area (Å²) >= 11 is 6.01. The second-order valence-electron chi connectivity index (χ2n) is 5.25. The highest BCUT2D eigenvalue weighted by atomic mass is 35.5. The van der Waals surface area contributed by atoms with Gasteiger partial charge in [-0.25, -0.2) is 4.39 Å². The summed E-state index contributed by atoms with van der Waals surface area (Å²) in [5, 5.41) is 7.63. The molecule has 1 aromatic heterocycles. The molecule has 0 radical (unpaired) electrons. The third-order valence-corrected chi connectivity index (χ3v) is 3.81. The molecule has 3 rings (SSSR count). The van der Waals surface area contributed by atoms with E-state index in [0.29, 0.717) is 28.0 Å². The average Bonchev–Trinajstić information content (AvgIpc) is 3.05. The topological polar surface area (TPSA) is 83.4 Å². The Hall–Kier alpha value is -3.06. The number of hydrogen-bond donors (Lipinski definition) is 1. The Kier molecular flexibility index (Phi) is 5.38. The van der Waals surface area contributed by atoms with Crippen LogP contribution in [-0.4, -0.2) is 17.3 Å². The number of nitrogen functional groups attached to an aromatic ring is 1. The van der Waals surface area contributed by atoms with E-state index in [4.69, 9.17) is 31.2 Å². The molecule has 26 heavy (non-hydrogen) atoms. The molecule has 0 spiro atoms. The Morgan fingerprint density at radius 3 is 2.69 bits per heavy atom. The van der Waals surface area contributed by atoms with Crippen molar-refractivity contribution in [1.82, 2.24) is 10.2 Å². The molecule has 2 aromatic carbocycles. The Morgan fingerprint density at radius 2 is 2.00 bits per heavy atom. The molecule has 0 saturated heterocycles. The number of hydrogen-bond acceptors (Lipinski definition) is 6. The van der Waals surface area contributed by atoms with E-state index >= 15 is 0 Å². The van der Waals surface area contributed by atoms with Crippen LogP contribution in [0, 0.1) is 5.82 Å². The highest BCUT2D eigenvalue weighted by molar-refractivity contribution is 6.31. The number of nitrogens with two attached hydrogens (primary N) is 1. The number of anilines is 1. The van der Waals surface area contributed by atoms with Crippen molar-refractivity contribution >= 4 is 29.8 Å². The van der Waals surface area contributed by atoms with Crippen LogP contribution in [0.3, 0.4) is 0 Å². The summed E-state index contributed by atoms with van der Waals surface area (Å²) in [4.78, 5) is 0. The van der Waals surface area contributed by atoms with Crippen molar-refractivity contribution in [3.05, 3.63) is 64.3 Å². The number of methoxy groups -OCH3 is 1. The lowest BCUT2D eigenvalue weighted by Gasteiger charge is -2.12. The minimum atomic E-state index is -0.393. The second kappa shape index (κ2) is 7.88. The molecule has 0 bridgehead atoms. The van der Waals surface area contributed by atoms with Gasteiger partial charge in [-0.2, -0.15) is 0 Å². The van der Waals surface area contributed by atoms with Crippen LogP contribution in [-0.2, 0) is 6.61 Å². The first-order valence-corrected chi connectivity index (χ1v) is 7.95. The van der Waals surface area contributed by atoms with Crippen LogP contribution in [0.25, 0.3) is 12.2 Å². The highest BCUT2D eigenvalue weighted by Gasteiger charge is 2.08. The van der Waals surface area contributed by atoms with Gasteiger partial charge in [0.2, 0.25) is 5.89 Å². The predicted molar refractivity (Wildman–Crippen MR) is 96.4 cm³/mol. The summed E-state index contributed by atoms with van der Waals surface area (Å²) in [7, 11) is 1.54. The number of benzene rings is 2. The molecule has 0 saturated carbocycles. The minimum absolute atomic E-state index is 0.00503. The molecule has 1 heterocycles. The number of rotatable bonds is 6. The van der Waals surface area contributed by atoms with E-state index < -0.39 is 5.82 Å². The average molecular weight is 376 g/mol. The first-order valence-electron chi connectivity index (χ1n) is 7.57. The number of aromatic nitrogens is 2. The Labute approximate surface area is 154 Å². The predicted octanol–water partition coefficient (Wildman–Crippen LogP) is 4.20. The third-order valence-electron chi connectivity index (χ3n) is 3.46. The Bertz CT molecular complexity index is 943. The van der Waals surface area contributed by atoms with Gasteiger partial charge in [0.15, 0.2) is 11.5 Å². The molecule has 2 N–H and O–H groups in total. The van der Waals surface area contributed by atoms with E-state index in [1.807, 2.05) is 6.07 Å². The first kappa shape index (κ1) is 17.8. The van der Waals surface area contributed by atoms with Crippen molar-refractivity contribution < 1.29 is 18.3 Å². The number of halogens is 2. The van der Waals surface area contributed by atoms with E-state index in [2.05, 4.69) is 10.2 Å². The summed E-state index contributed by atoms with van der Waals surface area (Å²) in [5.74, 6) is 0.978. The molecule has 0 aliphatic rings. The van der Waals surface area contributed by atoms with Gasteiger partial charge in [-0.1, -0.05) is 28.8 Å². The van der Waals surface area contributed by atoms with Gasteiger partial charge in [0.05, 0.1) is 12.1 Å². The molecule has 0 fully saturated rings. The standard InChI is InChI=1S/C18H15ClFN3O3/c1-24-16-8-11(3-7-17-22-23-18(21)26-17)2-6-15(16)25-10-12-4-5-13(20)9-14(12)19/h2-9H,10H2,1H3,(H2,21,23)/b7-3+. The zero-order valence-electron chi connectivity index (χ0n) is 13.8. The fourth-order valence-electron chi connectivity index (χ4n) is 2.18. The van der Waals surface area contributed by atoms with Crippen molar-refractivity contribution in [3.8, 4) is 11.5 Å². The van der Waals surface area contributed by atoms with Crippen LogP contribution >= 0.6 is 11.6 Å². The molecule has 8 heteroatoms. The van der Waals surface area contributed by atoms with Crippen molar-refractivity contribution in [2.24, 2.45) is 0 Å². The highest BCUT2D eigenvalue weighted by Crippen LogP contribution is 2.30. The van der Waals surface area contributed by atoms with E-state index in [1.54, 1.807) is 37.5 Å². The zero-order chi connectivity index (χ0) is 18.5. The summed E-state index contributed by atoms with van der Waals surface area (Å²) in [6, 6.07) is 9.55. The van der Waals surface area contributed by atoms with Crippen molar-refractivity contribution in [2.45, 2.75) is 6.61 Å². The maximum atomic E-state index is 13.1. The number of nitrogens with zero attached hydrogens (tertiary/aromatic N) is 2. The van der Waals surface area contributed by atoms with E-state index in [0.717, 1.165) is 5.56 Å². The Balaban J connectivity index is 1.73. The fraction of sp³-hybridized carbons (Fsp3) is 0.111. The zero-order valence-corrected chi connectivity index (χ0v) is 14.5. The molecule has 0 unspecified atom stereocenters. The van der Waals surface area contributed by atoms with E-state index in [1.165, 1.54) is 12.1 Å². The van der Waals surface area contributed by atoms with Gasteiger partial charge in [-0.15, -0.1) is 5.10 Å². The molecule has 0 aliphatic carbocycles. The quantitative estimate of drug-likeness (QED) is 0.695. The van der Waals surface area contributed by atoms with Crippen molar-refractivity contribution in [1.29, 1.82) is 0 Å².